The highest BCUT2D eigenvalue weighted by Crippen LogP contribution is 2.41. The van der Waals surface area contributed by atoms with Crippen molar-refractivity contribution in [1.82, 2.24) is 14.8 Å². The Morgan fingerprint density at radius 1 is 1.15 bits per heavy atom. The van der Waals surface area contributed by atoms with Gasteiger partial charge in [0.25, 0.3) is 0 Å². The predicted octanol–water partition coefficient (Wildman–Crippen LogP) is 3.96. The van der Waals surface area contributed by atoms with E-state index in [1.54, 1.807) is 23.1 Å². The number of amides is 1. The zero-order chi connectivity index (χ0) is 18.4. The van der Waals surface area contributed by atoms with Gasteiger partial charge in [0.2, 0.25) is 11.0 Å². The number of thiazole rings is 1. The first-order valence-electron chi connectivity index (χ1n) is 8.61. The van der Waals surface area contributed by atoms with Crippen molar-refractivity contribution < 1.29 is 9.53 Å². The van der Waals surface area contributed by atoms with Crippen LogP contribution in [-0.4, -0.2) is 27.8 Å². The summed E-state index contributed by atoms with van der Waals surface area (Å²) in [5.41, 5.74) is 2.88. The van der Waals surface area contributed by atoms with E-state index in [1.807, 2.05) is 54.7 Å². The summed E-state index contributed by atoms with van der Waals surface area (Å²) in [7, 11) is 1.65. The second-order valence-corrected chi connectivity index (χ2v) is 7.38. The normalized spacial score (nSPS) is 16.2. The molecule has 0 fully saturated rings. The number of carbonyl (C=O) groups excluding carboxylic acids is 1. The van der Waals surface area contributed by atoms with Crippen LogP contribution in [0.25, 0.3) is 15.3 Å². The number of fused-ring (bicyclic) bond motifs is 2. The highest BCUT2D eigenvalue weighted by Gasteiger charge is 2.32. The number of methoxy groups -OCH3 is 1. The van der Waals surface area contributed by atoms with Crippen molar-refractivity contribution in [2.75, 3.05) is 12.4 Å². The summed E-state index contributed by atoms with van der Waals surface area (Å²) in [5.74, 6) is 1.31. The van der Waals surface area contributed by atoms with Gasteiger partial charge in [0.05, 0.1) is 23.5 Å². The van der Waals surface area contributed by atoms with Gasteiger partial charge in [-0.15, -0.1) is 0 Å². The van der Waals surface area contributed by atoms with E-state index in [0.29, 0.717) is 12.2 Å². The average molecular weight is 376 g/mol. The minimum Gasteiger partial charge on any atom is -0.496 e. The molecule has 0 unspecified atom stereocenters. The van der Waals surface area contributed by atoms with E-state index < -0.39 is 0 Å². The van der Waals surface area contributed by atoms with E-state index in [1.165, 1.54) is 0 Å². The Balaban J connectivity index is 1.65. The predicted molar refractivity (Wildman–Crippen MR) is 105 cm³/mol. The van der Waals surface area contributed by atoms with Gasteiger partial charge in [-0.3, -0.25) is 4.79 Å². The average Bonchev–Trinajstić information content (AvgIpc) is 3.30. The topological polar surface area (TPSA) is 69.0 Å². The minimum atomic E-state index is -0.104. The molecule has 1 N–H and O–H groups in total. The number of nitrogens with zero attached hydrogens (tertiary/aromatic N) is 3. The number of nitrogens with one attached hydrogen (secondary N) is 1. The Morgan fingerprint density at radius 3 is 2.81 bits per heavy atom. The molecule has 27 heavy (non-hydrogen) atoms. The number of rotatable bonds is 3. The minimum absolute atomic E-state index is 0.0405. The maximum absolute atomic E-state index is 12.5. The summed E-state index contributed by atoms with van der Waals surface area (Å²) >= 11 is 1.55. The van der Waals surface area contributed by atoms with Gasteiger partial charge in [0.1, 0.15) is 11.6 Å². The van der Waals surface area contributed by atoms with E-state index in [2.05, 4.69) is 15.4 Å². The highest BCUT2D eigenvalue weighted by molar-refractivity contribution is 7.20. The van der Waals surface area contributed by atoms with Crippen molar-refractivity contribution >= 4 is 33.3 Å². The largest absolute Gasteiger partial charge is 0.496 e. The molecule has 1 atom stereocenters. The molecule has 2 aromatic heterocycles. The first-order chi connectivity index (χ1) is 13.2. The monoisotopic (exact) mass is 376 g/mol. The number of anilines is 1. The van der Waals surface area contributed by atoms with E-state index in [9.17, 15) is 4.79 Å². The lowest BCUT2D eigenvalue weighted by molar-refractivity contribution is -0.116. The summed E-state index contributed by atoms with van der Waals surface area (Å²) < 4.78 is 8.32. The first kappa shape index (κ1) is 16.0. The van der Waals surface area contributed by atoms with Crippen LogP contribution in [0.1, 0.15) is 23.5 Å². The molecule has 4 aromatic rings. The van der Waals surface area contributed by atoms with Crippen molar-refractivity contribution in [3.8, 4) is 10.9 Å². The maximum Gasteiger partial charge on any atom is 0.226 e. The molecule has 134 valence electrons. The van der Waals surface area contributed by atoms with E-state index in [4.69, 9.17) is 4.74 Å². The van der Waals surface area contributed by atoms with E-state index in [0.717, 1.165) is 32.2 Å². The molecule has 0 saturated carbocycles. The van der Waals surface area contributed by atoms with Gasteiger partial charge in [-0.1, -0.05) is 41.7 Å². The van der Waals surface area contributed by atoms with Crippen molar-refractivity contribution in [2.24, 2.45) is 0 Å². The van der Waals surface area contributed by atoms with Crippen LogP contribution in [0.5, 0.6) is 5.75 Å². The number of benzene rings is 2. The van der Waals surface area contributed by atoms with Crippen LogP contribution in [0.2, 0.25) is 0 Å². The van der Waals surface area contributed by atoms with Crippen molar-refractivity contribution in [2.45, 2.75) is 12.3 Å². The Morgan fingerprint density at radius 2 is 1.96 bits per heavy atom. The lowest BCUT2D eigenvalue weighted by Gasteiger charge is -2.24. The summed E-state index contributed by atoms with van der Waals surface area (Å²) in [4.78, 5) is 17.1. The summed E-state index contributed by atoms with van der Waals surface area (Å²) in [5, 5.41) is 8.25. The molecule has 3 heterocycles. The van der Waals surface area contributed by atoms with Crippen LogP contribution in [0, 0.1) is 0 Å². The number of aromatic nitrogens is 3. The van der Waals surface area contributed by atoms with Crippen molar-refractivity contribution in [3.05, 3.63) is 65.9 Å². The number of para-hydroxylation sites is 2. The second kappa shape index (κ2) is 6.21. The lowest BCUT2D eigenvalue weighted by Crippen LogP contribution is -2.24. The quantitative estimate of drug-likeness (QED) is 0.587. The van der Waals surface area contributed by atoms with Crippen LogP contribution in [0.4, 0.5) is 5.82 Å². The number of hydrogen-bond acceptors (Lipinski definition) is 5. The molecule has 6 nitrogen and oxygen atoms in total. The smallest absolute Gasteiger partial charge is 0.226 e. The molecule has 1 aliphatic rings. The molecular formula is C20H16N4O2S. The van der Waals surface area contributed by atoms with E-state index in [-0.39, 0.29) is 11.8 Å². The second-order valence-electron chi connectivity index (χ2n) is 6.37. The van der Waals surface area contributed by atoms with Crippen LogP contribution >= 0.6 is 11.3 Å². The van der Waals surface area contributed by atoms with Gasteiger partial charge in [-0.05, 0) is 18.2 Å². The molecule has 0 aliphatic carbocycles. The molecule has 0 saturated heterocycles. The molecule has 0 spiro atoms. The fourth-order valence-corrected chi connectivity index (χ4v) is 4.48. The molecule has 1 aliphatic heterocycles. The molecule has 7 heteroatoms. The van der Waals surface area contributed by atoms with Gasteiger partial charge in [0, 0.05) is 23.5 Å². The Kier molecular flexibility index (Phi) is 3.68. The lowest BCUT2D eigenvalue weighted by atomic mass is 9.87. The fraction of sp³-hybridized carbons (Fsp3) is 0.150. The van der Waals surface area contributed by atoms with Crippen molar-refractivity contribution in [3.63, 3.8) is 0 Å². The molecule has 0 radical (unpaired) electrons. The Hall–Kier alpha value is -3.19. The number of carbonyl (C=O) groups is 1. The molecule has 0 bridgehead atoms. The zero-order valence-corrected chi connectivity index (χ0v) is 15.4. The summed E-state index contributed by atoms with van der Waals surface area (Å²) in [6, 6.07) is 15.8. The molecule has 1 amide bonds. The summed E-state index contributed by atoms with van der Waals surface area (Å²) in [6.45, 7) is 0. The van der Waals surface area contributed by atoms with Crippen molar-refractivity contribution in [1.29, 1.82) is 0 Å². The molecule has 5 rings (SSSR count). The van der Waals surface area contributed by atoms with Crippen LogP contribution in [-0.2, 0) is 4.79 Å². The Bertz CT molecular complexity index is 1130. The zero-order valence-electron chi connectivity index (χ0n) is 14.5. The number of hydrogen-bond donors (Lipinski definition) is 1. The third kappa shape index (κ3) is 2.59. The van der Waals surface area contributed by atoms with Gasteiger partial charge in [0.15, 0.2) is 0 Å². The van der Waals surface area contributed by atoms with Gasteiger partial charge < -0.3 is 10.1 Å². The van der Waals surface area contributed by atoms with Crippen LogP contribution in [0.3, 0.4) is 0 Å². The maximum atomic E-state index is 12.5. The fourth-order valence-electron chi connectivity index (χ4n) is 3.55. The highest BCUT2D eigenvalue weighted by atomic mass is 32.1. The third-order valence-corrected chi connectivity index (χ3v) is 5.81. The molecular weight excluding hydrogens is 360 g/mol. The van der Waals surface area contributed by atoms with Gasteiger partial charge in [-0.2, -0.15) is 9.78 Å². The van der Waals surface area contributed by atoms with Gasteiger partial charge in [-0.25, -0.2) is 4.98 Å². The van der Waals surface area contributed by atoms with Crippen LogP contribution < -0.4 is 10.1 Å². The SMILES string of the molecule is COc1ccccc1[C@H]1CC(=O)Nc2c1cnn2-c1nc2ccccc2s1. The number of ether oxygens (including phenoxy) is 1. The first-order valence-corrected chi connectivity index (χ1v) is 9.43. The van der Waals surface area contributed by atoms with Gasteiger partial charge >= 0.3 is 0 Å². The third-order valence-electron chi connectivity index (χ3n) is 4.80. The summed E-state index contributed by atoms with van der Waals surface area (Å²) in [6.07, 6.45) is 2.18. The van der Waals surface area contributed by atoms with E-state index >= 15 is 0 Å². The van der Waals surface area contributed by atoms with Crippen LogP contribution in [0.15, 0.2) is 54.7 Å². The standard InChI is InChI=1S/C20H16N4O2S/c1-26-16-8-4-2-6-12(16)13-10-18(25)23-19-14(13)11-21-24(19)20-22-15-7-3-5-9-17(15)27-20/h2-9,11,13H,10H2,1H3,(H,23,25)/t13-/m1/s1. The molecule has 2 aromatic carbocycles. The Labute approximate surface area is 159 Å².